The van der Waals surface area contributed by atoms with E-state index < -0.39 is 0 Å². The summed E-state index contributed by atoms with van der Waals surface area (Å²) in [7, 11) is 0. The second-order valence-electron chi connectivity index (χ2n) is 6.45. The molecule has 1 aromatic carbocycles. The van der Waals surface area contributed by atoms with Gasteiger partial charge in [0.05, 0.1) is 6.10 Å². The minimum Gasteiger partial charge on any atom is -0.378 e. The average molecular weight is 273 g/mol. The summed E-state index contributed by atoms with van der Waals surface area (Å²) in [6.45, 7) is 6.28. The van der Waals surface area contributed by atoms with E-state index in [9.17, 15) is 0 Å². The Kier molecular flexibility index (Phi) is 4.13. The van der Waals surface area contributed by atoms with Crippen LogP contribution >= 0.6 is 0 Å². The van der Waals surface area contributed by atoms with Gasteiger partial charge in [-0.2, -0.15) is 0 Å². The first-order valence-corrected chi connectivity index (χ1v) is 8.16. The van der Waals surface area contributed by atoms with Gasteiger partial charge < -0.3 is 10.1 Å². The molecule has 2 saturated carbocycles. The number of ether oxygens (including phenoxy) is 1. The highest BCUT2D eigenvalue weighted by Gasteiger charge is 2.58. The molecule has 110 valence electrons. The highest BCUT2D eigenvalue weighted by Crippen LogP contribution is 2.57. The molecule has 1 spiro atoms. The quantitative estimate of drug-likeness (QED) is 0.857. The zero-order valence-corrected chi connectivity index (χ0v) is 12.8. The first-order valence-electron chi connectivity index (χ1n) is 8.16. The Morgan fingerprint density at radius 2 is 2.10 bits per heavy atom. The summed E-state index contributed by atoms with van der Waals surface area (Å²) in [4.78, 5) is 0. The minimum atomic E-state index is 0.488. The largest absolute Gasteiger partial charge is 0.378 e. The number of hydrogen-bond donors (Lipinski definition) is 1. The molecule has 2 nitrogen and oxygen atoms in total. The zero-order chi connectivity index (χ0) is 14.0. The van der Waals surface area contributed by atoms with Gasteiger partial charge in [-0.15, -0.1) is 0 Å². The molecule has 0 radical (unpaired) electrons. The van der Waals surface area contributed by atoms with Crippen LogP contribution in [0, 0.1) is 12.3 Å². The number of aryl methyl sites for hydroxylation is 1. The third-order valence-electron chi connectivity index (χ3n) is 5.48. The van der Waals surface area contributed by atoms with Crippen LogP contribution in [0.5, 0.6) is 0 Å². The number of benzene rings is 1. The maximum atomic E-state index is 5.91. The monoisotopic (exact) mass is 273 g/mol. The second kappa shape index (κ2) is 5.87. The lowest BCUT2D eigenvalue weighted by atomic mass is 9.51. The predicted molar refractivity (Wildman–Crippen MR) is 83.0 cm³/mol. The fourth-order valence-corrected chi connectivity index (χ4v) is 4.00. The molecule has 2 fully saturated rings. The molecule has 2 aliphatic rings. The van der Waals surface area contributed by atoms with Crippen molar-refractivity contribution in [1.29, 1.82) is 0 Å². The molecule has 2 unspecified atom stereocenters. The maximum Gasteiger partial charge on any atom is 0.0661 e. The number of rotatable bonds is 6. The highest BCUT2D eigenvalue weighted by atomic mass is 16.5. The molecule has 0 aliphatic heterocycles. The van der Waals surface area contributed by atoms with E-state index in [4.69, 9.17) is 4.74 Å². The maximum absolute atomic E-state index is 5.91. The molecule has 3 rings (SSSR count). The van der Waals surface area contributed by atoms with Crippen molar-refractivity contribution in [2.75, 3.05) is 13.2 Å². The molecule has 2 atom stereocenters. The summed E-state index contributed by atoms with van der Waals surface area (Å²) >= 11 is 0. The number of nitrogens with one attached hydrogen (secondary N) is 1. The Bertz CT molecular complexity index is 452. The smallest absolute Gasteiger partial charge is 0.0661 e. The van der Waals surface area contributed by atoms with Crippen molar-refractivity contribution in [3.05, 3.63) is 35.4 Å². The zero-order valence-electron chi connectivity index (χ0n) is 12.8. The third-order valence-corrected chi connectivity index (χ3v) is 5.48. The van der Waals surface area contributed by atoms with Gasteiger partial charge in [0.2, 0.25) is 0 Å². The van der Waals surface area contributed by atoms with Crippen molar-refractivity contribution in [2.24, 2.45) is 5.41 Å². The fourth-order valence-electron chi connectivity index (χ4n) is 4.00. The van der Waals surface area contributed by atoms with Crippen LogP contribution in [0.2, 0.25) is 0 Å². The molecule has 0 amide bonds. The molecule has 0 aromatic heterocycles. The van der Waals surface area contributed by atoms with Crippen molar-refractivity contribution in [3.8, 4) is 0 Å². The lowest BCUT2D eigenvalue weighted by Crippen LogP contribution is -2.67. The minimum absolute atomic E-state index is 0.488. The summed E-state index contributed by atoms with van der Waals surface area (Å²) in [6, 6.07) is 9.41. The van der Waals surface area contributed by atoms with E-state index in [2.05, 4.69) is 43.4 Å². The van der Waals surface area contributed by atoms with Crippen LogP contribution < -0.4 is 5.32 Å². The van der Waals surface area contributed by atoms with Crippen LogP contribution in [-0.4, -0.2) is 25.3 Å². The summed E-state index contributed by atoms with van der Waals surface area (Å²) < 4.78 is 5.91. The summed E-state index contributed by atoms with van der Waals surface area (Å²) in [6.07, 6.45) is 6.98. The predicted octanol–water partition coefficient (Wildman–Crippen LogP) is 3.47. The summed E-state index contributed by atoms with van der Waals surface area (Å²) in [5.74, 6) is 0. The Morgan fingerprint density at radius 3 is 2.75 bits per heavy atom. The topological polar surface area (TPSA) is 21.3 Å². The highest BCUT2D eigenvalue weighted by molar-refractivity contribution is 5.25. The van der Waals surface area contributed by atoms with Crippen LogP contribution in [0.4, 0.5) is 0 Å². The lowest BCUT2D eigenvalue weighted by molar-refractivity contribution is -0.172. The molecule has 20 heavy (non-hydrogen) atoms. The van der Waals surface area contributed by atoms with Crippen LogP contribution in [-0.2, 0) is 11.2 Å². The van der Waals surface area contributed by atoms with Crippen molar-refractivity contribution < 1.29 is 4.74 Å². The third kappa shape index (κ3) is 2.40. The van der Waals surface area contributed by atoms with Gasteiger partial charge in [-0.25, -0.2) is 0 Å². The van der Waals surface area contributed by atoms with E-state index >= 15 is 0 Å². The van der Waals surface area contributed by atoms with E-state index in [0.717, 1.165) is 19.6 Å². The van der Waals surface area contributed by atoms with E-state index in [1.165, 1.54) is 36.8 Å². The van der Waals surface area contributed by atoms with Gasteiger partial charge in [0.15, 0.2) is 0 Å². The van der Waals surface area contributed by atoms with Crippen LogP contribution in [0.15, 0.2) is 24.3 Å². The summed E-state index contributed by atoms with van der Waals surface area (Å²) in [5, 5.41) is 3.80. The van der Waals surface area contributed by atoms with Gasteiger partial charge in [0.1, 0.15) is 0 Å². The molecule has 1 aromatic rings. The van der Waals surface area contributed by atoms with E-state index in [-0.39, 0.29) is 0 Å². The van der Waals surface area contributed by atoms with Crippen molar-refractivity contribution in [3.63, 3.8) is 0 Å². The van der Waals surface area contributed by atoms with Gasteiger partial charge in [-0.3, -0.25) is 0 Å². The normalized spacial score (nSPS) is 27.1. The van der Waals surface area contributed by atoms with Gasteiger partial charge in [-0.1, -0.05) is 30.7 Å². The number of hydrogen-bond acceptors (Lipinski definition) is 2. The van der Waals surface area contributed by atoms with Crippen molar-refractivity contribution in [1.82, 2.24) is 5.32 Å². The molecular formula is C18H27NO. The molecule has 2 aliphatic carbocycles. The van der Waals surface area contributed by atoms with E-state index in [1.807, 2.05) is 0 Å². The van der Waals surface area contributed by atoms with E-state index in [1.54, 1.807) is 0 Å². The van der Waals surface area contributed by atoms with E-state index in [0.29, 0.717) is 17.6 Å². The Labute approximate surface area is 122 Å². The van der Waals surface area contributed by atoms with Gasteiger partial charge >= 0.3 is 0 Å². The summed E-state index contributed by atoms with van der Waals surface area (Å²) in [5.41, 5.74) is 3.37. The van der Waals surface area contributed by atoms with Crippen LogP contribution in [0.25, 0.3) is 0 Å². The van der Waals surface area contributed by atoms with Gasteiger partial charge in [0, 0.05) is 18.1 Å². The second-order valence-corrected chi connectivity index (χ2v) is 6.45. The molecular weight excluding hydrogens is 246 g/mol. The molecule has 2 heteroatoms. The van der Waals surface area contributed by atoms with Crippen LogP contribution in [0.1, 0.15) is 43.7 Å². The SMILES string of the molecule is CCOC1CC(NCCc2ccccc2C)C12CCC2. The van der Waals surface area contributed by atoms with Crippen LogP contribution in [0.3, 0.4) is 0 Å². The first-order chi connectivity index (χ1) is 9.76. The fraction of sp³-hybridized carbons (Fsp3) is 0.667. The lowest BCUT2D eigenvalue weighted by Gasteiger charge is -2.61. The molecule has 1 N–H and O–H groups in total. The van der Waals surface area contributed by atoms with Gasteiger partial charge in [0.25, 0.3) is 0 Å². The Morgan fingerprint density at radius 1 is 1.30 bits per heavy atom. The molecule has 0 heterocycles. The van der Waals surface area contributed by atoms with Crippen molar-refractivity contribution >= 4 is 0 Å². The first kappa shape index (κ1) is 14.1. The Hall–Kier alpha value is -0.860. The van der Waals surface area contributed by atoms with Crippen molar-refractivity contribution in [2.45, 2.75) is 58.1 Å². The Balaban J connectivity index is 1.49. The molecule has 0 saturated heterocycles. The standard InChI is InChI=1S/C18H27NO/c1-3-20-17-13-16(18(17)10-6-11-18)19-12-9-15-8-5-4-7-14(15)2/h4-5,7-8,16-17,19H,3,6,9-13H2,1-2H3. The molecule has 0 bridgehead atoms. The van der Waals surface area contributed by atoms with Gasteiger partial charge in [-0.05, 0) is 57.2 Å². The average Bonchev–Trinajstić information content (AvgIpc) is 2.37.